The van der Waals surface area contributed by atoms with Gasteiger partial charge in [0.05, 0.1) is 36.6 Å². The molecule has 0 bridgehead atoms. The van der Waals surface area contributed by atoms with E-state index in [0.29, 0.717) is 35.0 Å². The highest BCUT2D eigenvalue weighted by molar-refractivity contribution is 5.94. The second kappa shape index (κ2) is 7.28. The normalized spacial score (nSPS) is 10.7. The van der Waals surface area contributed by atoms with Crippen LogP contribution in [0.15, 0.2) is 48.9 Å². The Labute approximate surface area is 160 Å². The third kappa shape index (κ3) is 3.43. The van der Waals surface area contributed by atoms with Crippen molar-refractivity contribution >= 4 is 11.7 Å². The number of aromatic nitrogens is 6. The van der Waals surface area contributed by atoms with Gasteiger partial charge in [0.25, 0.3) is 5.91 Å². The number of rotatable bonds is 5. The van der Waals surface area contributed by atoms with Crippen molar-refractivity contribution in [3.63, 3.8) is 0 Å². The molecule has 1 amide bonds. The van der Waals surface area contributed by atoms with Crippen LogP contribution >= 0.6 is 0 Å². The van der Waals surface area contributed by atoms with E-state index in [9.17, 15) is 4.79 Å². The van der Waals surface area contributed by atoms with Gasteiger partial charge in [0.15, 0.2) is 0 Å². The number of imidazole rings is 1. The van der Waals surface area contributed by atoms with Gasteiger partial charge in [-0.3, -0.25) is 9.20 Å². The number of fused-ring (bicyclic) bond motifs is 1. The smallest absolute Gasteiger partial charge is 0.270 e. The molecule has 0 aliphatic rings. The number of benzene rings is 1. The highest BCUT2D eigenvalue weighted by Gasteiger charge is 2.17. The number of aryl methyl sites for hydroxylation is 1. The van der Waals surface area contributed by atoms with Crippen molar-refractivity contribution in [3.8, 4) is 6.07 Å². The van der Waals surface area contributed by atoms with Gasteiger partial charge < -0.3 is 5.32 Å². The first-order chi connectivity index (χ1) is 13.6. The molecule has 9 nitrogen and oxygen atoms in total. The van der Waals surface area contributed by atoms with Crippen LogP contribution < -0.4 is 5.32 Å². The molecular weight excluding hydrogens is 356 g/mol. The van der Waals surface area contributed by atoms with Crippen LogP contribution in [-0.4, -0.2) is 35.3 Å². The fourth-order valence-electron chi connectivity index (χ4n) is 2.89. The Kier molecular flexibility index (Phi) is 4.51. The fraction of sp³-hybridized carbons (Fsp3) is 0.158. The second-order valence-electron chi connectivity index (χ2n) is 6.23. The van der Waals surface area contributed by atoms with Gasteiger partial charge in [-0.2, -0.15) is 5.26 Å². The van der Waals surface area contributed by atoms with Crippen molar-refractivity contribution in [2.24, 2.45) is 0 Å². The van der Waals surface area contributed by atoms with Gasteiger partial charge in [-0.15, -0.1) is 5.10 Å². The minimum atomic E-state index is -0.250. The monoisotopic (exact) mass is 372 g/mol. The average molecular weight is 372 g/mol. The SMILES string of the molecule is Cc1nc2ncccn2c1C(=O)NCc1cn(Cc2ccc(C#N)cc2)nn1. The summed E-state index contributed by atoms with van der Waals surface area (Å²) in [4.78, 5) is 21.0. The molecule has 28 heavy (non-hydrogen) atoms. The van der Waals surface area contributed by atoms with Gasteiger partial charge in [0, 0.05) is 12.4 Å². The summed E-state index contributed by atoms with van der Waals surface area (Å²) in [6.07, 6.45) is 5.17. The van der Waals surface area contributed by atoms with Gasteiger partial charge in [0.2, 0.25) is 5.78 Å². The minimum Gasteiger partial charge on any atom is -0.345 e. The fourth-order valence-corrected chi connectivity index (χ4v) is 2.89. The van der Waals surface area contributed by atoms with E-state index in [1.807, 2.05) is 12.1 Å². The van der Waals surface area contributed by atoms with Crippen LogP contribution in [-0.2, 0) is 13.1 Å². The van der Waals surface area contributed by atoms with Gasteiger partial charge in [0.1, 0.15) is 11.4 Å². The highest BCUT2D eigenvalue weighted by atomic mass is 16.2. The van der Waals surface area contributed by atoms with Crippen LogP contribution in [0, 0.1) is 18.3 Å². The van der Waals surface area contributed by atoms with Gasteiger partial charge in [-0.1, -0.05) is 17.3 Å². The lowest BCUT2D eigenvalue weighted by molar-refractivity contribution is 0.0944. The molecule has 0 saturated heterocycles. The molecular formula is C19H16N8O. The zero-order valence-corrected chi connectivity index (χ0v) is 15.1. The lowest BCUT2D eigenvalue weighted by Crippen LogP contribution is -2.25. The van der Waals surface area contributed by atoms with E-state index >= 15 is 0 Å². The molecule has 0 saturated carbocycles. The van der Waals surface area contributed by atoms with E-state index in [-0.39, 0.29) is 12.5 Å². The summed E-state index contributed by atoms with van der Waals surface area (Å²) >= 11 is 0. The first-order valence-corrected chi connectivity index (χ1v) is 8.60. The molecule has 0 radical (unpaired) electrons. The van der Waals surface area contributed by atoms with E-state index in [1.54, 1.807) is 52.8 Å². The first-order valence-electron chi connectivity index (χ1n) is 8.60. The third-order valence-corrected chi connectivity index (χ3v) is 4.24. The van der Waals surface area contributed by atoms with E-state index < -0.39 is 0 Å². The van der Waals surface area contributed by atoms with E-state index in [2.05, 4.69) is 31.7 Å². The molecule has 9 heteroatoms. The zero-order chi connectivity index (χ0) is 19.5. The van der Waals surface area contributed by atoms with Crippen molar-refractivity contribution < 1.29 is 4.79 Å². The van der Waals surface area contributed by atoms with E-state index in [1.165, 1.54) is 0 Å². The predicted molar refractivity (Wildman–Crippen MR) is 99.2 cm³/mol. The molecule has 1 N–H and O–H groups in total. The molecule has 4 aromatic rings. The maximum atomic E-state index is 12.6. The lowest BCUT2D eigenvalue weighted by Gasteiger charge is -2.04. The number of nitriles is 1. The largest absolute Gasteiger partial charge is 0.345 e. The minimum absolute atomic E-state index is 0.249. The van der Waals surface area contributed by atoms with Gasteiger partial charge >= 0.3 is 0 Å². The molecule has 4 rings (SSSR count). The summed E-state index contributed by atoms with van der Waals surface area (Å²) in [6.45, 7) is 2.56. The molecule has 0 atom stereocenters. The maximum absolute atomic E-state index is 12.6. The standard InChI is InChI=1S/C19H16N8O/c1-13-17(27-8-2-7-21-19(27)23-13)18(28)22-10-16-12-26(25-24-16)11-15-5-3-14(9-20)4-6-15/h2-8,12H,10-11H2,1H3,(H,22,28). The Bertz CT molecular complexity index is 1180. The summed E-state index contributed by atoms with van der Waals surface area (Å²) in [6, 6.07) is 11.1. The Morgan fingerprint density at radius 3 is 2.89 bits per heavy atom. The van der Waals surface area contributed by atoms with Crippen molar-refractivity contribution in [1.29, 1.82) is 5.26 Å². The summed E-state index contributed by atoms with van der Waals surface area (Å²) in [5, 5.41) is 19.9. The summed E-state index contributed by atoms with van der Waals surface area (Å²) < 4.78 is 3.35. The predicted octanol–water partition coefficient (Wildman–Crippen LogP) is 1.48. The van der Waals surface area contributed by atoms with Crippen LogP contribution in [0.2, 0.25) is 0 Å². The molecule has 0 spiro atoms. The summed E-state index contributed by atoms with van der Waals surface area (Å²) in [5.74, 6) is 0.234. The van der Waals surface area contributed by atoms with Crippen molar-refractivity contribution in [2.75, 3.05) is 0 Å². The van der Waals surface area contributed by atoms with Gasteiger partial charge in [-0.05, 0) is 30.7 Å². The zero-order valence-electron chi connectivity index (χ0n) is 15.1. The van der Waals surface area contributed by atoms with Crippen molar-refractivity contribution in [2.45, 2.75) is 20.0 Å². The Morgan fingerprint density at radius 2 is 2.11 bits per heavy atom. The lowest BCUT2D eigenvalue weighted by atomic mass is 10.1. The highest BCUT2D eigenvalue weighted by Crippen LogP contribution is 2.10. The first kappa shape index (κ1) is 17.4. The molecule has 138 valence electrons. The van der Waals surface area contributed by atoms with Crippen LogP contribution in [0.5, 0.6) is 0 Å². The van der Waals surface area contributed by atoms with Gasteiger partial charge in [-0.25, -0.2) is 14.6 Å². The quantitative estimate of drug-likeness (QED) is 0.568. The molecule has 0 aliphatic heterocycles. The van der Waals surface area contributed by atoms with Crippen LogP contribution in [0.3, 0.4) is 0 Å². The molecule has 1 aromatic carbocycles. The Morgan fingerprint density at radius 1 is 1.29 bits per heavy atom. The third-order valence-electron chi connectivity index (χ3n) is 4.24. The van der Waals surface area contributed by atoms with E-state index in [4.69, 9.17) is 5.26 Å². The van der Waals surface area contributed by atoms with Crippen molar-refractivity contribution in [3.05, 3.63) is 77.1 Å². The number of amides is 1. The number of hydrogen-bond donors (Lipinski definition) is 1. The van der Waals surface area contributed by atoms with Crippen LogP contribution in [0.4, 0.5) is 0 Å². The Hall–Kier alpha value is -4.06. The number of carbonyl (C=O) groups is 1. The molecule has 0 fully saturated rings. The summed E-state index contributed by atoms with van der Waals surface area (Å²) in [7, 11) is 0. The number of carbonyl (C=O) groups excluding carboxylic acids is 1. The van der Waals surface area contributed by atoms with Crippen LogP contribution in [0.25, 0.3) is 5.78 Å². The molecule has 3 aromatic heterocycles. The topological polar surface area (TPSA) is 114 Å². The van der Waals surface area contributed by atoms with E-state index in [0.717, 1.165) is 5.56 Å². The van der Waals surface area contributed by atoms with Crippen LogP contribution in [0.1, 0.15) is 33.0 Å². The van der Waals surface area contributed by atoms with Crippen molar-refractivity contribution in [1.82, 2.24) is 34.7 Å². The number of nitrogens with one attached hydrogen (secondary N) is 1. The number of nitrogens with zero attached hydrogens (tertiary/aromatic N) is 7. The summed E-state index contributed by atoms with van der Waals surface area (Å²) in [5.41, 5.74) is 3.33. The second-order valence-corrected chi connectivity index (χ2v) is 6.23. The number of hydrogen-bond acceptors (Lipinski definition) is 6. The molecule has 3 heterocycles. The maximum Gasteiger partial charge on any atom is 0.270 e. The Balaban J connectivity index is 1.42. The average Bonchev–Trinajstić information content (AvgIpc) is 3.29. The molecule has 0 aliphatic carbocycles. The molecule has 0 unspecified atom stereocenters.